The molecule has 0 unspecified atom stereocenters. The Morgan fingerprint density at radius 1 is 1.16 bits per heavy atom. The van der Waals surface area contributed by atoms with Crippen LogP contribution < -0.4 is 0 Å². The Labute approximate surface area is 124 Å². The van der Waals surface area contributed by atoms with Gasteiger partial charge in [0.05, 0.1) is 16.5 Å². The Balaban J connectivity index is 2.54. The summed E-state index contributed by atoms with van der Waals surface area (Å²) in [6.07, 6.45) is 1.39. The number of carbonyl (C=O) groups is 1. The molecule has 0 aliphatic carbocycles. The highest BCUT2D eigenvalue weighted by Crippen LogP contribution is 2.31. The number of carboxylic acids is 1. The van der Waals surface area contributed by atoms with Crippen molar-refractivity contribution < 1.29 is 9.90 Å². The average molecular weight is 317 g/mol. The molecule has 6 heteroatoms. The van der Waals surface area contributed by atoms with Gasteiger partial charge in [0.1, 0.15) is 5.15 Å². The normalized spacial score (nSPS) is 10.5. The zero-order chi connectivity index (χ0) is 14.0. The summed E-state index contributed by atoms with van der Waals surface area (Å²) >= 11 is 17.6. The molecule has 1 aromatic heterocycles. The lowest BCUT2D eigenvalue weighted by Crippen LogP contribution is -2.02. The van der Waals surface area contributed by atoms with Gasteiger partial charge in [0.15, 0.2) is 0 Å². The first-order valence-corrected chi connectivity index (χ1v) is 6.42. The number of hydrogen-bond acceptors (Lipinski definition) is 2. The highest BCUT2D eigenvalue weighted by atomic mass is 35.5. The molecule has 3 nitrogen and oxygen atoms in total. The van der Waals surface area contributed by atoms with Gasteiger partial charge in [0.2, 0.25) is 0 Å². The minimum absolute atomic E-state index is 0.141. The van der Waals surface area contributed by atoms with Crippen LogP contribution in [0.25, 0.3) is 11.1 Å². The van der Waals surface area contributed by atoms with E-state index >= 15 is 0 Å². The number of nitrogens with zero attached hydrogens (tertiary/aromatic N) is 1. The fraction of sp³-hybridized carbons (Fsp3) is 0.0769. The average Bonchev–Trinajstić information content (AvgIpc) is 2.32. The monoisotopic (exact) mass is 315 g/mol. The molecular formula is C13H8Cl3NO2. The Hall–Kier alpha value is -1.29. The molecule has 1 heterocycles. The second-order valence-electron chi connectivity index (χ2n) is 3.86. The van der Waals surface area contributed by atoms with Gasteiger partial charge in [-0.2, -0.15) is 0 Å². The van der Waals surface area contributed by atoms with E-state index in [9.17, 15) is 4.79 Å². The lowest BCUT2D eigenvalue weighted by Gasteiger charge is -2.09. The van der Waals surface area contributed by atoms with Crippen molar-refractivity contribution in [3.05, 3.63) is 51.2 Å². The molecule has 19 heavy (non-hydrogen) atoms. The highest BCUT2D eigenvalue weighted by Gasteiger charge is 2.11. The molecule has 98 valence electrons. The van der Waals surface area contributed by atoms with Gasteiger partial charge < -0.3 is 5.11 Å². The third kappa shape index (κ3) is 3.38. The molecule has 0 radical (unpaired) electrons. The van der Waals surface area contributed by atoms with Crippen molar-refractivity contribution in [3.8, 4) is 11.1 Å². The van der Waals surface area contributed by atoms with E-state index in [1.165, 1.54) is 12.3 Å². The van der Waals surface area contributed by atoms with Gasteiger partial charge >= 0.3 is 5.97 Å². The lowest BCUT2D eigenvalue weighted by molar-refractivity contribution is -0.136. The number of benzene rings is 1. The maximum atomic E-state index is 10.9. The van der Waals surface area contributed by atoms with Gasteiger partial charge in [-0.25, -0.2) is 4.98 Å². The van der Waals surface area contributed by atoms with Crippen LogP contribution in [0.1, 0.15) is 5.56 Å². The minimum Gasteiger partial charge on any atom is -0.481 e. The number of aliphatic carboxylic acids is 1. The van der Waals surface area contributed by atoms with Crippen LogP contribution in [0.15, 0.2) is 30.5 Å². The Kier molecular flexibility index (Phi) is 4.30. The second-order valence-corrected chi connectivity index (χ2v) is 5.07. The summed E-state index contributed by atoms with van der Waals surface area (Å²) in [6.45, 7) is 0. The number of aromatic nitrogens is 1. The van der Waals surface area contributed by atoms with E-state index in [0.29, 0.717) is 21.2 Å². The Bertz CT molecular complexity index is 644. The fourth-order valence-electron chi connectivity index (χ4n) is 1.70. The molecule has 0 saturated heterocycles. The fourth-order valence-corrected chi connectivity index (χ4v) is 2.18. The van der Waals surface area contributed by atoms with E-state index in [1.54, 1.807) is 18.2 Å². The van der Waals surface area contributed by atoms with E-state index in [0.717, 1.165) is 5.56 Å². The van der Waals surface area contributed by atoms with Crippen LogP contribution in [0.4, 0.5) is 0 Å². The Morgan fingerprint density at radius 2 is 1.89 bits per heavy atom. The molecule has 0 saturated carbocycles. The highest BCUT2D eigenvalue weighted by molar-refractivity contribution is 6.42. The van der Waals surface area contributed by atoms with Crippen LogP contribution in [0.3, 0.4) is 0 Å². The molecule has 0 aliphatic rings. The van der Waals surface area contributed by atoms with Crippen LogP contribution in [-0.4, -0.2) is 16.1 Å². The topological polar surface area (TPSA) is 50.2 Å². The lowest BCUT2D eigenvalue weighted by atomic mass is 10.0. The number of carboxylic acid groups (broad SMARTS) is 1. The number of rotatable bonds is 3. The molecule has 0 bridgehead atoms. The van der Waals surface area contributed by atoms with Gasteiger partial charge in [-0.05, 0) is 29.3 Å². The third-order valence-electron chi connectivity index (χ3n) is 2.53. The van der Waals surface area contributed by atoms with Crippen molar-refractivity contribution in [3.63, 3.8) is 0 Å². The molecule has 2 aromatic rings. The standard InChI is InChI=1S/C13H8Cl3NO2/c14-10-2-1-7(3-11(10)15)9-6-17-12(16)4-8(9)5-13(18)19/h1-4,6H,5H2,(H,18,19). The molecule has 1 N–H and O–H groups in total. The van der Waals surface area contributed by atoms with Crippen LogP contribution in [-0.2, 0) is 11.2 Å². The predicted molar refractivity (Wildman–Crippen MR) is 76.0 cm³/mol. The SMILES string of the molecule is O=C(O)Cc1cc(Cl)ncc1-c1ccc(Cl)c(Cl)c1. The maximum Gasteiger partial charge on any atom is 0.307 e. The number of halogens is 3. The molecule has 0 aliphatic heterocycles. The number of hydrogen-bond donors (Lipinski definition) is 1. The van der Waals surface area contributed by atoms with E-state index in [-0.39, 0.29) is 11.6 Å². The van der Waals surface area contributed by atoms with E-state index < -0.39 is 5.97 Å². The first kappa shape index (κ1) is 14.1. The third-order valence-corrected chi connectivity index (χ3v) is 3.47. The Morgan fingerprint density at radius 3 is 2.53 bits per heavy atom. The summed E-state index contributed by atoms with van der Waals surface area (Å²) in [5.74, 6) is -0.941. The molecule has 2 rings (SSSR count). The maximum absolute atomic E-state index is 10.9. The van der Waals surface area contributed by atoms with Gasteiger partial charge in [-0.1, -0.05) is 40.9 Å². The van der Waals surface area contributed by atoms with Crippen molar-refractivity contribution in [1.82, 2.24) is 4.98 Å². The molecule has 1 aromatic carbocycles. The van der Waals surface area contributed by atoms with Crippen molar-refractivity contribution in [1.29, 1.82) is 0 Å². The molecule has 0 fully saturated rings. The van der Waals surface area contributed by atoms with Crippen LogP contribution >= 0.6 is 34.8 Å². The van der Waals surface area contributed by atoms with Crippen LogP contribution in [0.5, 0.6) is 0 Å². The van der Waals surface area contributed by atoms with E-state index in [2.05, 4.69) is 4.98 Å². The minimum atomic E-state index is -0.941. The zero-order valence-electron chi connectivity index (χ0n) is 9.53. The molecule has 0 atom stereocenters. The molecule has 0 amide bonds. The predicted octanol–water partition coefficient (Wildman–Crippen LogP) is 4.34. The van der Waals surface area contributed by atoms with Gasteiger partial charge in [-0.15, -0.1) is 0 Å². The number of pyridine rings is 1. The van der Waals surface area contributed by atoms with Crippen molar-refractivity contribution in [2.75, 3.05) is 0 Å². The van der Waals surface area contributed by atoms with Crippen LogP contribution in [0, 0.1) is 0 Å². The van der Waals surface area contributed by atoms with Crippen molar-refractivity contribution >= 4 is 40.8 Å². The molecular weight excluding hydrogens is 309 g/mol. The quantitative estimate of drug-likeness (QED) is 0.857. The van der Waals surface area contributed by atoms with E-state index in [1.807, 2.05) is 0 Å². The largest absolute Gasteiger partial charge is 0.481 e. The summed E-state index contributed by atoms with van der Waals surface area (Å²) in [5, 5.41) is 10.0. The summed E-state index contributed by atoms with van der Waals surface area (Å²) in [4.78, 5) is 14.8. The first-order chi connectivity index (χ1) is 8.97. The van der Waals surface area contributed by atoms with Crippen LogP contribution in [0.2, 0.25) is 15.2 Å². The smallest absolute Gasteiger partial charge is 0.307 e. The second kappa shape index (κ2) is 5.78. The molecule has 0 spiro atoms. The summed E-state index contributed by atoms with van der Waals surface area (Å²) in [5.41, 5.74) is 1.99. The van der Waals surface area contributed by atoms with Gasteiger partial charge in [0, 0.05) is 11.8 Å². The first-order valence-electron chi connectivity index (χ1n) is 5.29. The van der Waals surface area contributed by atoms with Crippen molar-refractivity contribution in [2.45, 2.75) is 6.42 Å². The van der Waals surface area contributed by atoms with Crippen molar-refractivity contribution in [2.24, 2.45) is 0 Å². The summed E-state index contributed by atoms with van der Waals surface area (Å²) in [7, 11) is 0. The van der Waals surface area contributed by atoms with Gasteiger partial charge in [-0.3, -0.25) is 4.79 Å². The summed E-state index contributed by atoms with van der Waals surface area (Å²) in [6, 6.07) is 6.61. The van der Waals surface area contributed by atoms with E-state index in [4.69, 9.17) is 39.9 Å². The zero-order valence-corrected chi connectivity index (χ0v) is 11.8. The summed E-state index contributed by atoms with van der Waals surface area (Å²) < 4.78 is 0. The van der Waals surface area contributed by atoms with Gasteiger partial charge in [0.25, 0.3) is 0 Å².